The van der Waals surface area contributed by atoms with Crippen LogP contribution in [0.3, 0.4) is 0 Å². The fraction of sp³-hybridized carbons (Fsp3) is 0.533. The summed E-state index contributed by atoms with van der Waals surface area (Å²) in [5, 5.41) is 9.26. The van der Waals surface area contributed by atoms with Crippen LogP contribution in [0.1, 0.15) is 37.0 Å². The Morgan fingerprint density at radius 3 is 2.71 bits per heavy atom. The van der Waals surface area contributed by atoms with Crippen molar-refractivity contribution in [3.8, 4) is 17.2 Å². The Labute approximate surface area is 122 Å². The van der Waals surface area contributed by atoms with Gasteiger partial charge in [0, 0.05) is 12.1 Å². The van der Waals surface area contributed by atoms with Crippen LogP contribution in [0, 0.1) is 0 Å². The molecule has 0 bridgehead atoms. The SMILES string of the molecule is CC1(C)CCC(COc2cc3c(cc2C(=O)O)OCO3)O1. The van der Waals surface area contributed by atoms with Gasteiger partial charge in [-0.3, -0.25) is 0 Å². The number of carboxylic acids is 1. The van der Waals surface area contributed by atoms with Crippen molar-refractivity contribution in [1.29, 1.82) is 0 Å². The van der Waals surface area contributed by atoms with Crippen LogP contribution in [0.5, 0.6) is 17.2 Å². The highest BCUT2D eigenvalue weighted by Gasteiger charge is 2.32. The lowest BCUT2D eigenvalue weighted by Gasteiger charge is -2.19. The van der Waals surface area contributed by atoms with Gasteiger partial charge >= 0.3 is 5.97 Å². The zero-order chi connectivity index (χ0) is 15.0. The first kappa shape index (κ1) is 14.0. The molecule has 6 heteroatoms. The lowest BCUT2D eigenvalue weighted by atomic mass is 10.1. The Balaban J connectivity index is 1.74. The van der Waals surface area contributed by atoms with Crippen molar-refractivity contribution in [3.63, 3.8) is 0 Å². The molecule has 1 aromatic rings. The molecule has 2 aliphatic rings. The largest absolute Gasteiger partial charge is 0.490 e. The molecule has 1 N–H and O–H groups in total. The Bertz CT molecular complexity index is 566. The van der Waals surface area contributed by atoms with Gasteiger partial charge in [-0.2, -0.15) is 0 Å². The zero-order valence-electron chi connectivity index (χ0n) is 12.0. The number of hydrogen-bond acceptors (Lipinski definition) is 5. The van der Waals surface area contributed by atoms with E-state index in [1.54, 1.807) is 6.07 Å². The highest BCUT2D eigenvalue weighted by atomic mass is 16.7. The number of carbonyl (C=O) groups is 1. The van der Waals surface area contributed by atoms with Crippen LogP contribution in [0.15, 0.2) is 12.1 Å². The Morgan fingerprint density at radius 1 is 1.38 bits per heavy atom. The monoisotopic (exact) mass is 294 g/mol. The van der Waals surface area contributed by atoms with Crippen molar-refractivity contribution in [2.75, 3.05) is 13.4 Å². The van der Waals surface area contributed by atoms with E-state index in [-0.39, 0.29) is 29.8 Å². The molecule has 0 radical (unpaired) electrons. The first-order valence-electron chi connectivity index (χ1n) is 6.92. The molecular formula is C15H18O6. The van der Waals surface area contributed by atoms with Gasteiger partial charge in [-0.05, 0) is 26.7 Å². The molecule has 0 aliphatic carbocycles. The van der Waals surface area contributed by atoms with Crippen molar-refractivity contribution in [3.05, 3.63) is 17.7 Å². The van der Waals surface area contributed by atoms with Crippen LogP contribution < -0.4 is 14.2 Å². The maximum absolute atomic E-state index is 11.3. The molecule has 2 heterocycles. The highest BCUT2D eigenvalue weighted by Crippen LogP contribution is 2.38. The lowest BCUT2D eigenvalue weighted by molar-refractivity contribution is -0.0328. The third-order valence-corrected chi connectivity index (χ3v) is 3.68. The van der Waals surface area contributed by atoms with E-state index >= 15 is 0 Å². The predicted octanol–water partition coefficient (Wildman–Crippen LogP) is 2.45. The van der Waals surface area contributed by atoms with Gasteiger partial charge in [-0.15, -0.1) is 0 Å². The molecule has 6 nitrogen and oxygen atoms in total. The van der Waals surface area contributed by atoms with E-state index in [1.807, 2.05) is 13.8 Å². The summed E-state index contributed by atoms with van der Waals surface area (Å²) in [5.74, 6) is 0.150. The summed E-state index contributed by atoms with van der Waals surface area (Å²) in [5.41, 5.74) is -0.0741. The number of ether oxygens (including phenoxy) is 4. The van der Waals surface area contributed by atoms with Gasteiger partial charge in [-0.1, -0.05) is 0 Å². The summed E-state index contributed by atoms with van der Waals surface area (Å²) < 4.78 is 21.9. The number of carboxylic acid groups (broad SMARTS) is 1. The summed E-state index contributed by atoms with van der Waals surface area (Å²) in [6, 6.07) is 2.99. The first-order chi connectivity index (χ1) is 9.94. The van der Waals surface area contributed by atoms with Crippen molar-refractivity contribution in [2.45, 2.75) is 38.4 Å². The standard InChI is InChI=1S/C15H18O6/c1-15(2)4-3-9(21-15)7-18-11-6-13-12(19-8-20-13)5-10(11)14(16)17/h5-6,9H,3-4,7-8H2,1-2H3,(H,16,17). The van der Waals surface area contributed by atoms with Crippen molar-refractivity contribution >= 4 is 5.97 Å². The van der Waals surface area contributed by atoms with E-state index in [4.69, 9.17) is 18.9 Å². The first-order valence-corrected chi connectivity index (χ1v) is 6.92. The van der Waals surface area contributed by atoms with Gasteiger partial charge in [0.05, 0.1) is 11.7 Å². The average molecular weight is 294 g/mol. The van der Waals surface area contributed by atoms with E-state index in [1.165, 1.54) is 6.07 Å². The van der Waals surface area contributed by atoms with Gasteiger partial charge in [0.25, 0.3) is 0 Å². The average Bonchev–Trinajstić information content (AvgIpc) is 3.00. The van der Waals surface area contributed by atoms with Gasteiger partial charge in [0.2, 0.25) is 6.79 Å². The van der Waals surface area contributed by atoms with Crippen LogP contribution in [0.25, 0.3) is 0 Å². The van der Waals surface area contributed by atoms with Crippen LogP contribution in [0.2, 0.25) is 0 Å². The predicted molar refractivity (Wildman–Crippen MR) is 73.2 cm³/mol. The molecule has 0 aromatic heterocycles. The van der Waals surface area contributed by atoms with Gasteiger partial charge in [0.15, 0.2) is 11.5 Å². The Hall–Kier alpha value is -1.95. The summed E-state index contributed by atoms with van der Waals surface area (Å²) in [6.45, 7) is 4.49. The summed E-state index contributed by atoms with van der Waals surface area (Å²) in [7, 11) is 0. The normalized spacial score (nSPS) is 22.3. The third kappa shape index (κ3) is 2.90. The quantitative estimate of drug-likeness (QED) is 0.919. The van der Waals surface area contributed by atoms with Gasteiger partial charge < -0.3 is 24.1 Å². The molecule has 0 spiro atoms. The molecule has 1 fully saturated rings. The van der Waals surface area contributed by atoms with Crippen molar-refractivity contribution < 1.29 is 28.8 Å². The third-order valence-electron chi connectivity index (χ3n) is 3.68. The molecule has 1 saturated heterocycles. The van der Waals surface area contributed by atoms with Gasteiger partial charge in [-0.25, -0.2) is 4.79 Å². The molecule has 1 atom stereocenters. The van der Waals surface area contributed by atoms with Crippen LogP contribution in [-0.4, -0.2) is 36.2 Å². The van der Waals surface area contributed by atoms with E-state index in [0.717, 1.165) is 12.8 Å². The molecule has 114 valence electrons. The summed E-state index contributed by atoms with van der Waals surface area (Å²) in [4.78, 5) is 11.3. The number of benzene rings is 1. The second-order valence-electron chi connectivity index (χ2n) is 5.86. The fourth-order valence-corrected chi connectivity index (χ4v) is 2.59. The molecule has 3 rings (SSSR count). The Kier molecular flexibility index (Phi) is 3.41. The molecular weight excluding hydrogens is 276 g/mol. The number of fused-ring (bicyclic) bond motifs is 1. The van der Waals surface area contributed by atoms with Crippen LogP contribution >= 0.6 is 0 Å². The maximum atomic E-state index is 11.3. The lowest BCUT2D eigenvalue weighted by Crippen LogP contribution is -2.24. The summed E-state index contributed by atoms with van der Waals surface area (Å²) >= 11 is 0. The number of hydrogen-bond donors (Lipinski definition) is 1. The zero-order valence-corrected chi connectivity index (χ0v) is 12.0. The van der Waals surface area contributed by atoms with E-state index in [9.17, 15) is 9.90 Å². The van der Waals surface area contributed by atoms with Gasteiger partial charge in [0.1, 0.15) is 17.9 Å². The minimum atomic E-state index is -1.06. The molecule has 0 saturated carbocycles. The summed E-state index contributed by atoms with van der Waals surface area (Å²) in [6.07, 6.45) is 1.85. The topological polar surface area (TPSA) is 74.2 Å². The smallest absolute Gasteiger partial charge is 0.339 e. The molecule has 2 aliphatic heterocycles. The van der Waals surface area contributed by atoms with Crippen LogP contribution in [0.4, 0.5) is 0 Å². The van der Waals surface area contributed by atoms with E-state index in [0.29, 0.717) is 18.1 Å². The van der Waals surface area contributed by atoms with Crippen molar-refractivity contribution in [2.24, 2.45) is 0 Å². The van der Waals surface area contributed by atoms with E-state index in [2.05, 4.69) is 0 Å². The minimum absolute atomic E-state index is 0.0212. The number of aromatic carboxylic acids is 1. The maximum Gasteiger partial charge on any atom is 0.339 e. The molecule has 1 aromatic carbocycles. The molecule has 1 unspecified atom stereocenters. The van der Waals surface area contributed by atoms with E-state index < -0.39 is 5.97 Å². The number of rotatable bonds is 4. The second kappa shape index (κ2) is 5.11. The highest BCUT2D eigenvalue weighted by molar-refractivity contribution is 5.92. The fourth-order valence-electron chi connectivity index (χ4n) is 2.59. The van der Waals surface area contributed by atoms with Crippen molar-refractivity contribution in [1.82, 2.24) is 0 Å². The molecule has 0 amide bonds. The Morgan fingerprint density at radius 2 is 2.10 bits per heavy atom. The minimum Gasteiger partial charge on any atom is -0.490 e. The molecule has 21 heavy (non-hydrogen) atoms. The van der Waals surface area contributed by atoms with Crippen LogP contribution in [-0.2, 0) is 4.74 Å². The second-order valence-corrected chi connectivity index (χ2v) is 5.86.